The van der Waals surface area contributed by atoms with Crippen LogP contribution in [0.4, 0.5) is 5.69 Å². The smallest absolute Gasteiger partial charge is 0.228 e. The number of amides is 1. The van der Waals surface area contributed by atoms with E-state index in [1.807, 2.05) is 24.3 Å². The quantitative estimate of drug-likeness (QED) is 0.884. The maximum absolute atomic E-state index is 12.0. The Kier molecular flexibility index (Phi) is 5.95. The fraction of sp³-hybridized carbons (Fsp3) is 0.462. The van der Waals surface area contributed by atoms with E-state index in [0.717, 1.165) is 37.4 Å². The van der Waals surface area contributed by atoms with Crippen molar-refractivity contribution in [3.63, 3.8) is 0 Å². The summed E-state index contributed by atoms with van der Waals surface area (Å²) >= 11 is 0. The maximum atomic E-state index is 12.0. The second-order valence-electron chi connectivity index (χ2n) is 4.26. The van der Waals surface area contributed by atoms with E-state index < -0.39 is 0 Å². The van der Waals surface area contributed by atoms with Crippen LogP contribution >= 0.6 is 12.4 Å². The van der Waals surface area contributed by atoms with E-state index in [-0.39, 0.29) is 24.2 Å². The van der Waals surface area contributed by atoms with Crippen molar-refractivity contribution in [2.45, 2.75) is 12.8 Å². The molecule has 1 amide bonds. The molecule has 0 aliphatic carbocycles. The van der Waals surface area contributed by atoms with Crippen molar-refractivity contribution in [2.24, 2.45) is 5.92 Å². The Morgan fingerprint density at radius 1 is 1.50 bits per heavy atom. The van der Waals surface area contributed by atoms with E-state index >= 15 is 0 Å². The Bertz CT molecular complexity index is 392. The number of hydrogen-bond donors (Lipinski definition) is 2. The number of methoxy groups -OCH3 is 1. The molecule has 1 aliphatic heterocycles. The first-order valence-corrected chi connectivity index (χ1v) is 5.95. The van der Waals surface area contributed by atoms with Crippen LogP contribution in [0.25, 0.3) is 0 Å². The third-order valence-corrected chi connectivity index (χ3v) is 3.00. The van der Waals surface area contributed by atoms with Crippen molar-refractivity contribution in [3.05, 3.63) is 24.3 Å². The molecule has 1 aliphatic rings. The summed E-state index contributed by atoms with van der Waals surface area (Å²) in [6.45, 7) is 1.79. The summed E-state index contributed by atoms with van der Waals surface area (Å²) in [7, 11) is 1.62. The Morgan fingerprint density at radius 3 is 3.00 bits per heavy atom. The van der Waals surface area contributed by atoms with Crippen LogP contribution in [0, 0.1) is 5.92 Å². The summed E-state index contributed by atoms with van der Waals surface area (Å²) < 4.78 is 5.12. The predicted molar refractivity (Wildman–Crippen MR) is 74.5 cm³/mol. The van der Waals surface area contributed by atoms with Crippen molar-refractivity contribution in [1.29, 1.82) is 0 Å². The Labute approximate surface area is 114 Å². The summed E-state index contributed by atoms with van der Waals surface area (Å²) in [5.74, 6) is 0.921. The highest BCUT2D eigenvalue weighted by Gasteiger charge is 2.20. The lowest BCUT2D eigenvalue weighted by Gasteiger charge is -2.21. The van der Waals surface area contributed by atoms with Crippen molar-refractivity contribution < 1.29 is 9.53 Å². The summed E-state index contributed by atoms with van der Waals surface area (Å²) in [6, 6.07) is 7.43. The van der Waals surface area contributed by atoms with Gasteiger partial charge in [0.2, 0.25) is 5.91 Å². The van der Waals surface area contributed by atoms with Crippen molar-refractivity contribution in [2.75, 3.05) is 25.5 Å². The average molecular weight is 271 g/mol. The second-order valence-corrected chi connectivity index (χ2v) is 4.26. The van der Waals surface area contributed by atoms with Crippen LogP contribution in [0.15, 0.2) is 24.3 Å². The SMILES string of the molecule is COc1cccc(NC(=O)[C@H]2CCCNC2)c1.Cl. The average Bonchev–Trinajstić information content (AvgIpc) is 2.40. The molecule has 0 unspecified atom stereocenters. The predicted octanol–water partition coefficient (Wildman–Crippen LogP) is 2.06. The molecule has 1 saturated heterocycles. The van der Waals surface area contributed by atoms with Gasteiger partial charge in [-0.15, -0.1) is 12.4 Å². The largest absolute Gasteiger partial charge is 0.497 e. The molecule has 2 N–H and O–H groups in total. The molecule has 0 saturated carbocycles. The molecule has 2 rings (SSSR count). The molecule has 18 heavy (non-hydrogen) atoms. The highest BCUT2D eigenvalue weighted by molar-refractivity contribution is 5.92. The molecule has 5 heteroatoms. The lowest BCUT2D eigenvalue weighted by Crippen LogP contribution is -2.37. The number of rotatable bonds is 3. The highest BCUT2D eigenvalue weighted by atomic mass is 35.5. The van der Waals surface area contributed by atoms with E-state index in [1.54, 1.807) is 7.11 Å². The van der Waals surface area contributed by atoms with Gasteiger partial charge < -0.3 is 15.4 Å². The van der Waals surface area contributed by atoms with Crippen molar-refractivity contribution >= 4 is 24.0 Å². The first kappa shape index (κ1) is 14.8. The highest BCUT2D eigenvalue weighted by Crippen LogP contribution is 2.18. The fourth-order valence-corrected chi connectivity index (χ4v) is 2.02. The molecule has 0 bridgehead atoms. The van der Waals surface area contributed by atoms with Gasteiger partial charge in [0.15, 0.2) is 0 Å². The zero-order valence-corrected chi connectivity index (χ0v) is 11.3. The van der Waals surface area contributed by atoms with E-state index in [1.165, 1.54) is 0 Å². The number of benzene rings is 1. The summed E-state index contributed by atoms with van der Waals surface area (Å²) in [4.78, 5) is 12.0. The third kappa shape index (κ3) is 3.89. The standard InChI is InChI=1S/C13H18N2O2.ClH/c1-17-12-6-2-5-11(8-12)15-13(16)10-4-3-7-14-9-10;/h2,5-6,8,10,14H,3-4,7,9H2,1H3,(H,15,16);1H/t10-;/m0./s1. The van der Waals surface area contributed by atoms with Crippen LogP contribution in [0.3, 0.4) is 0 Å². The van der Waals surface area contributed by atoms with Gasteiger partial charge in [-0.25, -0.2) is 0 Å². The van der Waals surface area contributed by atoms with Crippen LogP contribution in [0.5, 0.6) is 5.75 Å². The first-order chi connectivity index (χ1) is 8.29. The van der Waals surface area contributed by atoms with Crippen LogP contribution in [0.2, 0.25) is 0 Å². The fourth-order valence-electron chi connectivity index (χ4n) is 2.02. The van der Waals surface area contributed by atoms with E-state index in [9.17, 15) is 4.79 Å². The lowest BCUT2D eigenvalue weighted by molar-refractivity contribution is -0.120. The van der Waals surface area contributed by atoms with Gasteiger partial charge in [0, 0.05) is 18.3 Å². The molecule has 100 valence electrons. The van der Waals surface area contributed by atoms with Gasteiger partial charge in [-0.2, -0.15) is 0 Å². The second kappa shape index (κ2) is 7.24. The Hall–Kier alpha value is -1.26. The number of anilines is 1. The molecule has 4 nitrogen and oxygen atoms in total. The van der Waals surface area contributed by atoms with E-state index in [4.69, 9.17) is 4.74 Å². The van der Waals surface area contributed by atoms with E-state index in [0.29, 0.717) is 0 Å². The number of ether oxygens (including phenoxy) is 1. The summed E-state index contributed by atoms with van der Waals surface area (Å²) in [5.41, 5.74) is 0.792. The third-order valence-electron chi connectivity index (χ3n) is 3.00. The Balaban J connectivity index is 0.00000162. The minimum absolute atomic E-state index is 0. The number of nitrogens with one attached hydrogen (secondary N) is 2. The zero-order valence-electron chi connectivity index (χ0n) is 10.4. The van der Waals surface area contributed by atoms with Crippen LogP contribution in [-0.2, 0) is 4.79 Å². The van der Waals surface area contributed by atoms with Gasteiger partial charge in [-0.1, -0.05) is 6.07 Å². The van der Waals surface area contributed by atoms with Crippen molar-refractivity contribution in [1.82, 2.24) is 5.32 Å². The zero-order chi connectivity index (χ0) is 12.1. The molecule has 1 aromatic carbocycles. The van der Waals surface area contributed by atoms with Crippen molar-refractivity contribution in [3.8, 4) is 5.75 Å². The number of carbonyl (C=O) groups excluding carboxylic acids is 1. The first-order valence-electron chi connectivity index (χ1n) is 5.95. The molecule has 1 atom stereocenters. The minimum Gasteiger partial charge on any atom is -0.497 e. The molecular formula is C13H19ClN2O2. The topological polar surface area (TPSA) is 50.4 Å². The van der Waals surface area contributed by atoms with Gasteiger partial charge in [0.05, 0.1) is 13.0 Å². The molecule has 0 aromatic heterocycles. The summed E-state index contributed by atoms with van der Waals surface area (Å²) in [5, 5.41) is 6.17. The lowest BCUT2D eigenvalue weighted by atomic mass is 9.99. The van der Waals surface area contributed by atoms with Gasteiger partial charge in [-0.3, -0.25) is 4.79 Å². The molecule has 0 radical (unpaired) electrons. The maximum Gasteiger partial charge on any atom is 0.228 e. The number of halogens is 1. The molecule has 1 heterocycles. The van der Waals surface area contributed by atoms with Gasteiger partial charge >= 0.3 is 0 Å². The van der Waals surface area contributed by atoms with Gasteiger partial charge in [-0.05, 0) is 31.5 Å². The van der Waals surface area contributed by atoms with Crippen LogP contribution in [0.1, 0.15) is 12.8 Å². The molecule has 0 spiro atoms. The van der Waals surface area contributed by atoms with Crippen LogP contribution in [-0.4, -0.2) is 26.1 Å². The van der Waals surface area contributed by atoms with Gasteiger partial charge in [0.1, 0.15) is 5.75 Å². The monoisotopic (exact) mass is 270 g/mol. The number of carbonyl (C=O) groups is 1. The Morgan fingerprint density at radius 2 is 2.33 bits per heavy atom. The molecule has 1 fully saturated rings. The number of hydrogen-bond acceptors (Lipinski definition) is 3. The molecule has 1 aromatic rings. The van der Waals surface area contributed by atoms with Crippen LogP contribution < -0.4 is 15.4 Å². The van der Waals surface area contributed by atoms with Gasteiger partial charge in [0.25, 0.3) is 0 Å². The number of piperidine rings is 1. The minimum atomic E-state index is 0. The molecular weight excluding hydrogens is 252 g/mol. The normalized spacial score (nSPS) is 18.6. The summed E-state index contributed by atoms with van der Waals surface area (Å²) in [6.07, 6.45) is 2.03. The van der Waals surface area contributed by atoms with E-state index in [2.05, 4.69) is 10.6 Å².